The molecule has 1 aromatic carbocycles. The summed E-state index contributed by atoms with van der Waals surface area (Å²) in [5.74, 6) is -0.305. The minimum absolute atomic E-state index is 0.163. The zero-order valence-electron chi connectivity index (χ0n) is 11.0. The molecule has 0 aliphatic heterocycles. The van der Waals surface area contributed by atoms with Crippen molar-refractivity contribution < 1.29 is 14.6 Å². The molecule has 1 aromatic heterocycles. The van der Waals surface area contributed by atoms with Crippen LogP contribution in [-0.2, 0) is 11.3 Å². The van der Waals surface area contributed by atoms with Gasteiger partial charge in [0.15, 0.2) is 0 Å². The summed E-state index contributed by atoms with van der Waals surface area (Å²) in [5, 5.41) is 8.93. The topological polar surface area (TPSA) is 84.3 Å². The Morgan fingerprint density at radius 3 is 2.95 bits per heavy atom. The molecule has 2 aromatic rings. The van der Waals surface area contributed by atoms with E-state index in [2.05, 4.69) is 4.98 Å². The van der Waals surface area contributed by atoms with E-state index in [1.807, 2.05) is 0 Å². The van der Waals surface area contributed by atoms with Gasteiger partial charge in [0, 0.05) is 6.61 Å². The first-order valence-electron chi connectivity index (χ1n) is 6.69. The molecule has 0 radical (unpaired) electrons. The van der Waals surface area contributed by atoms with Gasteiger partial charge >= 0.3 is 11.7 Å². The quantitative estimate of drug-likeness (QED) is 0.782. The highest BCUT2D eigenvalue weighted by Crippen LogP contribution is 2.28. The number of fused-ring (bicyclic) bond motifs is 1. The third kappa shape index (κ3) is 2.60. The molecule has 1 heterocycles. The third-order valence-electron chi connectivity index (χ3n) is 3.53. The highest BCUT2D eigenvalue weighted by Gasteiger charge is 2.21. The van der Waals surface area contributed by atoms with Crippen molar-refractivity contribution in [1.29, 1.82) is 0 Å². The van der Waals surface area contributed by atoms with Crippen molar-refractivity contribution in [1.82, 2.24) is 9.55 Å². The molecule has 1 saturated carbocycles. The molecular weight excluding hydrogens is 260 g/mol. The Hall–Kier alpha value is -2.08. The average molecular weight is 276 g/mol. The summed E-state index contributed by atoms with van der Waals surface area (Å²) < 4.78 is 7.11. The van der Waals surface area contributed by atoms with Crippen LogP contribution in [0.4, 0.5) is 0 Å². The lowest BCUT2D eigenvalue weighted by Gasteiger charge is -2.05. The smallest absolute Gasteiger partial charge is 0.335 e. The van der Waals surface area contributed by atoms with Gasteiger partial charge in [-0.3, -0.25) is 4.57 Å². The Balaban J connectivity index is 1.77. The first-order valence-corrected chi connectivity index (χ1v) is 6.69. The maximum atomic E-state index is 11.9. The van der Waals surface area contributed by atoms with Gasteiger partial charge in [-0.05, 0) is 37.0 Å². The van der Waals surface area contributed by atoms with Crippen LogP contribution in [-0.4, -0.2) is 33.8 Å². The predicted molar refractivity (Wildman–Crippen MR) is 73.1 cm³/mol. The van der Waals surface area contributed by atoms with Gasteiger partial charge in [-0.25, -0.2) is 9.59 Å². The standard InChI is InChI=1S/C14H16N2O4/c17-13(18)10-3-4-12-11(7-10)15-14(19)16(12)5-6-20-8-9-1-2-9/h3-4,7,9H,1-2,5-6,8H2,(H,15,19)(H,17,18). The van der Waals surface area contributed by atoms with E-state index in [4.69, 9.17) is 9.84 Å². The predicted octanol–water partition coefficient (Wildman–Crippen LogP) is 1.45. The van der Waals surface area contributed by atoms with E-state index in [0.29, 0.717) is 30.1 Å². The van der Waals surface area contributed by atoms with Gasteiger partial charge in [-0.2, -0.15) is 0 Å². The fraction of sp³-hybridized carbons (Fsp3) is 0.429. The normalized spacial score (nSPS) is 14.8. The van der Waals surface area contributed by atoms with E-state index in [0.717, 1.165) is 6.61 Å². The summed E-state index contributed by atoms with van der Waals surface area (Å²) in [7, 11) is 0. The number of rotatable bonds is 6. The summed E-state index contributed by atoms with van der Waals surface area (Å²) >= 11 is 0. The van der Waals surface area contributed by atoms with Crippen molar-refractivity contribution in [2.24, 2.45) is 5.92 Å². The Labute approximate surface area is 115 Å². The molecule has 106 valence electrons. The largest absolute Gasteiger partial charge is 0.478 e. The number of H-pyrrole nitrogens is 1. The zero-order chi connectivity index (χ0) is 14.1. The van der Waals surface area contributed by atoms with Crippen molar-refractivity contribution in [3.05, 3.63) is 34.2 Å². The summed E-state index contributed by atoms with van der Waals surface area (Å²) in [6, 6.07) is 4.62. The van der Waals surface area contributed by atoms with E-state index >= 15 is 0 Å². The second kappa shape index (κ2) is 5.13. The molecule has 2 N–H and O–H groups in total. The molecule has 1 aliphatic rings. The average Bonchev–Trinajstić information content (AvgIpc) is 3.18. The Kier molecular flexibility index (Phi) is 3.31. The molecule has 0 atom stereocenters. The van der Waals surface area contributed by atoms with E-state index in [9.17, 15) is 9.59 Å². The molecule has 20 heavy (non-hydrogen) atoms. The van der Waals surface area contributed by atoms with Crippen LogP contribution in [0.2, 0.25) is 0 Å². The fourth-order valence-electron chi connectivity index (χ4n) is 2.21. The summed E-state index contributed by atoms with van der Waals surface area (Å²) in [6.45, 7) is 1.72. The first-order chi connectivity index (χ1) is 9.65. The van der Waals surface area contributed by atoms with Crippen molar-refractivity contribution in [2.45, 2.75) is 19.4 Å². The van der Waals surface area contributed by atoms with E-state index < -0.39 is 5.97 Å². The monoisotopic (exact) mass is 276 g/mol. The SMILES string of the molecule is O=C(O)c1ccc2c(c1)[nH]c(=O)n2CCOCC1CC1. The maximum absolute atomic E-state index is 11.9. The summed E-state index contributed by atoms with van der Waals surface area (Å²) in [6.07, 6.45) is 2.48. The van der Waals surface area contributed by atoms with E-state index in [-0.39, 0.29) is 11.3 Å². The lowest BCUT2D eigenvalue weighted by atomic mass is 10.2. The highest BCUT2D eigenvalue weighted by atomic mass is 16.5. The van der Waals surface area contributed by atoms with Crippen molar-refractivity contribution in [2.75, 3.05) is 13.2 Å². The van der Waals surface area contributed by atoms with Gasteiger partial charge in [-0.1, -0.05) is 0 Å². The molecule has 0 unspecified atom stereocenters. The number of hydrogen-bond donors (Lipinski definition) is 2. The Morgan fingerprint density at radius 2 is 2.25 bits per heavy atom. The van der Waals surface area contributed by atoms with Crippen LogP contribution in [0.25, 0.3) is 11.0 Å². The number of aromatic carboxylic acids is 1. The maximum Gasteiger partial charge on any atom is 0.335 e. The molecule has 0 amide bonds. The van der Waals surface area contributed by atoms with Gasteiger partial charge in [0.05, 0.1) is 29.7 Å². The number of benzene rings is 1. The van der Waals surface area contributed by atoms with Crippen molar-refractivity contribution >= 4 is 17.0 Å². The van der Waals surface area contributed by atoms with E-state index in [1.54, 1.807) is 10.6 Å². The van der Waals surface area contributed by atoms with Crippen LogP contribution < -0.4 is 5.69 Å². The molecule has 1 fully saturated rings. The Bertz CT molecular complexity index is 697. The number of aromatic nitrogens is 2. The number of carboxylic acids is 1. The number of aromatic amines is 1. The van der Waals surface area contributed by atoms with Gasteiger partial charge in [-0.15, -0.1) is 0 Å². The molecule has 6 nitrogen and oxygen atoms in total. The highest BCUT2D eigenvalue weighted by molar-refractivity contribution is 5.92. The lowest BCUT2D eigenvalue weighted by molar-refractivity contribution is 0.0697. The summed E-state index contributed by atoms with van der Waals surface area (Å²) in [4.78, 5) is 25.4. The van der Waals surface area contributed by atoms with Crippen LogP contribution in [0, 0.1) is 5.92 Å². The van der Waals surface area contributed by atoms with Gasteiger partial charge in [0.25, 0.3) is 0 Å². The molecule has 0 bridgehead atoms. The number of hydrogen-bond acceptors (Lipinski definition) is 3. The molecule has 0 spiro atoms. The molecule has 3 rings (SSSR count). The van der Waals surface area contributed by atoms with Crippen molar-refractivity contribution in [3.8, 4) is 0 Å². The van der Waals surface area contributed by atoms with Crippen LogP contribution in [0.1, 0.15) is 23.2 Å². The molecule has 1 aliphatic carbocycles. The number of carbonyl (C=O) groups is 1. The second-order valence-electron chi connectivity index (χ2n) is 5.14. The fourth-order valence-corrected chi connectivity index (χ4v) is 2.21. The lowest BCUT2D eigenvalue weighted by Crippen LogP contribution is -2.19. The summed E-state index contributed by atoms with van der Waals surface area (Å²) in [5.41, 5.74) is 1.17. The minimum atomic E-state index is -1.01. The van der Waals surface area contributed by atoms with Crippen LogP contribution in [0.15, 0.2) is 23.0 Å². The minimum Gasteiger partial charge on any atom is -0.478 e. The number of imidazole rings is 1. The third-order valence-corrected chi connectivity index (χ3v) is 3.53. The molecule has 0 saturated heterocycles. The van der Waals surface area contributed by atoms with Crippen LogP contribution in [0.5, 0.6) is 0 Å². The van der Waals surface area contributed by atoms with Gasteiger partial charge < -0.3 is 14.8 Å². The number of nitrogens with zero attached hydrogens (tertiary/aromatic N) is 1. The number of ether oxygens (including phenoxy) is 1. The number of carboxylic acid groups (broad SMARTS) is 1. The van der Waals surface area contributed by atoms with Gasteiger partial charge in [0.2, 0.25) is 0 Å². The number of nitrogens with one attached hydrogen (secondary N) is 1. The second-order valence-corrected chi connectivity index (χ2v) is 5.14. The van der Waals surface area contributed by atoms with Gasteiger partial charge in [0.1, 0.15) is 0 Å². The molecular formula is C14H16N2O4. The van der Waals surface area contributed by atoms with Crippen LogP contribution in [0.3, 0.4) is 0 Å². The first kappa shape index (κ1) is 12.9. The van der Waals surface area contributed by atoms with Crippen molar-refractivity contribution in [3.63, 3.8) is 0 Å². The zero-order valence-corrected chi connectivity index (χ0v) is 11.0. The Morgan fingerprint density at radius 1 is 1.45 bits per heavy atom. The van der Waals surface area contributed by atoms with Crippen LogP contribution >= 0.6 is 0 Å². The molecule has 6 heteroatoms. The van der Waals surface area contributed by atoms with E-state index in [1.165, 1.54) is 25.0 Å².